The van der Waals surface area contributed by atoms with Crippen LogP contribution in [0.25, 0.3) is 10.9 Å². The number of ether oxygens (including phenoxy) is 2. The van der Waals surface area contributed by atoms with Crippen LogP contribution in [0.15, 0.2) is 59.7 Å². The van der Waals surface area contributed by atoms with E-state index in [0.717, 1.165) is 36.8 Å². The number of hydrogen-bond donors (Lipinski definition) is 3. The number of rotatable bonds is 9. The van der Waals surface area contributed by atoms with Crippen molar-refractivity contribution in [2.45, 2.75) is 12.8 Å². The number of H-pyrrole nitrogens is 1. The van der Waals surface area contributed by atoms with Gasteiger partial charge in [-0.1, -0.05) is 24.3 Å². The van der Waals surface area contributed by atoms with Gasteiger partial charge in [0.25, 0.3) is 0 Å². The third-order valence-electron chi connectivity index (χ3n) is 4.44. The molecular weight excluding hydrogens is 352 g/mol. The Labute approximate surface area is 166 Å². The molecule has 6 heteroatoms. The number of aliphatic imine (C=N–C) groups is 1. The highest BCUT2D eigenvalue weighted by molar-refractivity contribution is 5.93. The van der Waals surface area contributed by atoms with Crippen LogP contribution in [0.2, 0.25) is 0 Å². The van der Waals surface area contributed by atoms with E-state index >= 15 is 0 Å². The van der Waals surface area contributed by atoms with E-state index in [9.17, 15) is 0 Å². The molecule has 148 valence electrons. The Kier molecular flexibility index (Phi) is 7.32. The molecule has 3 N–H and O–H groups in total. The minimum atomic E-state index is 0.634. The van der Waals surface area contributed by atoms with E-state index in [0.29, 0.717) is 13.2 Å². The Morgan fingerprint density at radius 3 is 2.86 bits per heavy atom. The molecule has 1 heterocycles. The summed E-state index contributed by atoms with van der Waals surface area (Å²) < 4.78 is 10.8. The summed E-state index contributed by atoms with van der Waals surface area (Å²) in [6.07, 6.45) is 3.85. The molecule has 1 aromatic heterocycles. The number of fused-ring (bicyclic) bond motifs is 1. The predicted octanol–water partition coefficient (Wildman–Crippen LogP) is 3.81. The summed E-state index contributed by atoms with van der Waals surface area (Å²) in [6, 6.07) is 16.2. The first-order chi connectivity index (χ1) is 13.8. The number of nitrogens with one attached hydrogen (secondary N) is 3. The summed E-state index contributed by atoms with van der Waals surface area (Å²) in [6.45, 7) is 2.12. The molecule has 0 fully saturated rings. The highest BCUT2D eigenvalue weighted by Gasteiger charge is 2.04. The first-order valence-corrected chi connectivity index (χ1v) is 9.54. The van der Waals surface area contributed by atoms with Crippen LogP contribution >= 0.6 is 0 Å². The third-order valence-corrected chi connectivity index (χ3v) is 4.44. The van der Waals surface area contributed by atoms with E-state index in [2.05, 4.69) is 45.0 Å². The Morgan fingerprint density at radius 1 is 1.11 bits per heavy atom. The molecular formula is C22H28N4O2. The lowest BCUT2D eigenvalue weighted by Gasteiger charge is -2.13. The first-order valence-electron chi connectivity index (χ1n) is 9.54. The number of para-hydroxylation sites is 1. The zero-order valence-corrected chi connectivity index (χ0v) is 16.5. The predicted molar refractivity (Wildman–Crippen MR) is 115 cm³/mol. The molecule has 3 rings (SSSR count). The van der Waals surface area contributed by atoms with Gasteiger partial charge in [-0.15, -0.1) is 0 Å². The molecule has 6 nitrogen and oxygen atoms in total. The van der Waals surface area contributed by atoms with Crippen LogP contribution in [0.4, 0.5) is 5.69 Å². The lowest BCUT2D eigenvalue weighted by atomic mass is 10.1. The molecule has 0 bridgehead atoms. The molecule has 0 unspecified atom stereocenters. The fourth-order valence-corrected chi connectivity index (χ4v) is 3.03. The molecule has 0 aliphatic heterocycles. The van der Waals surface area contributed by atoms with Crippen LogP contribution < -0.4 is 15.4 Å². The highest BCUT2D eigenvalue weighted by atomic mass is 16.5. The average molecular weight is 380 g/mol. The van der Waals surface area contributed by atoms with Gasteiger partial charge < -0.3 is 25.1 Å². The van der Waals surface area contributed by atoms with Crippen molar-refractivity contribution in [1.29, 1.82) is 0 Å². The van der Waals surface area contributed by atoms with Crippen molar-refractivity contribution in [1.82, 2.24) is 10.3 Å². The second-order valence-electron chi connectivity index (χ2n) is 6.46. The van der Waals surface area contributed by atoms with Crippen LogP contribution in [0.3, 0.4) is 0 Å². The molecule has 0 atom stereocenters. The fourth-order valence-electron chi connectivity index (χ4n) is 3.03. The number of guanidine groups is 1. The zero-order chi connectivity index (χ0) is 19.6. The van der Waals surface area contributed by atoms with Crippen LogP contribution in [-0.2, 0) is 11.2 Å². The quantitative estimate of drug-likeness (QED) is 0.300. The Balaban J connectivity index is 1.50. The maximum atomic E-state index is 5.75. The second-order valence-corrected chi connectivity index (χ2v) is 6.46. The third kappa shape index (κ3) is 5.50. The number of anilines is 1. The van der Waals surface area contributed by atoms with Crippen LogP contribution in [0, 0.1) is 0 Å². The van der Waals surface area contributed by atoms with E-state index in [1.807, 2.05) is 30.3 Å². The SMILES string of the molecule is CN=C(NCCc1c[nH]c2ccccc12)Nc1cccc(OCCCOC)c1. The first kappa shape index (κ1) is 19.8. The number of aromatic nitrogens is 1. The zero-order valence-electron chi connectivity index (χ0n) is 16.5. The summed E-state index contributed by atoms with van der Waals surface area (Å²) >= 11 is 0. The van der Waals surface area contributed by atoms with Crippen molar-refractivity contribution in [3.8, 4) is 5.75 Å². The summed E-state index contributed by atoms with van der Waals surface area (Å²) in [5, 5.41) is 7.95. The summed E-state index contributed by atoms with van der Waals surface area (Å²) in [5.41, 5.74) is 3.40. The van der Waals surface area contributed by atoms with Gasteiger partial charge in [0.1, 0.15) is 5.75 Å². The maximum Gasteiger partial charge on any atom is 0.195 e. The molecule has 0 spiro atoms. The lowest BCUT2D eigenvalue weighted by molar-refractivity contribution is 0.172. The number of benzene rings is 2. The monoisotopic (exact) mass is 380 g/mol. The van der Waals surface area contributed by atoms with Crippen LogP contribution in [0.5, 0.6) is 5.75 Å². The van der Waals surface area contributed by atoms with E-state index in [-0.39, 0.29) is 0 Å². The van der Waals surface area contributed by atoms with E-state index in [4.69, 9.17) is 9.47 Å². The largest absolute Gasteiger partial charge is 0.493 e. The van der Waals surface area contributed by atoms with Crippen molar-refractivity contribution >= 4 is 22.5 Å². The van der Waals surface area contributed by atoms with Gasteiger partial charge in [0.05, 0.1) is 6.61 Å². The summed E-state index contributed by atoms with van der Waals surface area (Å²) in [5.74, 6) is 1.56. The summed E-state index contributed by atoms with van der Waals surface area (Å²) in [4.78, 5) is 7.63. The molecule has 0 amide bonds. The van der Waals surface area contributed by atoms with Gasteiger partial charge in [-0.25, -0.2) is 0 Å². The minimum Gasteiger partial charge on any atom is -0.493 e. The lowest BCUT2D eigenvalue weighted by Crippen LogP contribution is -2.32. The fraction of sp³-hybridized carbons (Fsp3) is 0.318. The molecule has 0 saturated carbocycles. The van der Waals surface area contributed by atoms with Gasteiger partial charge in [0.2, 0.25) is 0 Å². The van der Waals surface area contributed by atoms with Gasteiger partial charge in [0, 0.05) is 62.6 Å². The molecule has 3 aromatic rings. The Bertz CT molecular complexity index is 904. The van der Waals surface area contributed by atoms with Crippen LogP contribution in [0.1, 0.15) is 12.0 Å². The van der Waals surface area contributed by atoms with Gasteiger partial charge in [-0.3, -0.25) is 4.99 Å². The molecule has 0 aliphatic carbocycles. The maximum absolute atomic E-state index is 5.75. The van der Waals surface area contributed by atoms with Crippen molar-refractivity contribution in [2.75, 3.05) is 39.2 Å². The normalized spacial score (nSPS) is 11.6. The topological polar surface area (TPSA) is 70.7 Å². The standard InChI is InChI=1S/C22H28N4O2/c1-23-22(24-12-11-17-16-25-21-10-4-3-9-20(17)21)26-18-7-5-8-19(15-18)28-14-6-13-27-2/h3-5,7-10,15-16,25H,6,11-14H2,1-2H3,(H2,23,24,26). The van der Waals surface area contributed by atoms with E-state index < -0.39 is 0 Å². The number of hydrogen-bond acceptors (Lipinski definition) is 3. The Hall–Kier alpha value is -2.99. The molecule has 2 aromatic carbocycles. The molecule has 28 heavy (non-hydrogen) atoms. The molecule has 0 radical (unpaired) electrons. The summed E-state index contributed by atoms with van der Waals surface area (Å²) in [7, 11) is 3.47. The van der Waals surface area contributed by atoms with Crippen molar-refractivity contribution in [3.63, 3.8) is 0 Å². The van der Waals surface area contributed by atoms with Gasteiger partial charge >= 0.3 is 0 Å². The Morgan fingerprint density at radius 2 is 2.00 bits per heavy atom. The molecule has 0 aliphatic rings. The number of nitrogens with zero attached hydrogens (tertiary/aromatic N) is 1. The van der Waals surface area contributed by atoms with Gasteiger partial charge in [0.15, 0.2) is 5.96 Å². The molecule has 0 saturated heterocycles. The number of aromatic amines is 1. The highest BCUT2D eigenvalue weighted by Crippen LogP contribution is 2.18. The van der Waals surface area contributed by atoms with Crippen molar-refractivity contribution < 1.29 is 9.47 Å². The van der Waals surface area contributed by atoms with Gasteiger partial charge in [-0.05, 0) is 30.2 Å². The van der Waals surface area contributed by atoms with Crippen molar-refractivity contribution in [3.05, 3.63) is 60.3 Å². The number of methoxy groups -OCH3 is 1. The minimum absolute atomic E-state index is 0.634. The second kappa shape index (κ2) is 10.4. The van der Waals surface area contributed by atoms with Crippen LogP contribution in [-0.4, -0.2) is 44.9 Å². The smallest absolute Gasteiger partial charge is 0.195 e. The van der Waals surface area contributed by atoms with Crippen molar-refractivity contribution in [2.24, 2.45) is 4.99 Å². The van der Waals surface area contributed by atoms with E-state index in [1.54, 1.807) is 14.2 Å². The average Bonchev–Trinajstić information content (AvgIpc) is 3.14. The van der Waals surface area contributed by atoms with Gasteiger partial charge in [-0.2, -0.15) is 0 Å². The van der Waals surface area contributed by atoms with E-state index in [1.165, 1.54) is 16.5 Å².